The van der Waals surface area contributed by atoms with Crippen molar-refractivity contribution in [2.45, 2.75) is 24.6 Å². The largest absolute Gasteiger partial charge is 0.354 e. The van der Waals surface area contributed by atoms with E-state index in [4.69, 9.17) is 23.2 Å². The van der Waals surface area contributed by atoms with Crippen LogP contribution in [0.1, 0.15) is 18.4 Å². The van der Waals surface area contributed by atoms with Gasteiger partial charge in [-0.15, -0.1) is 12.4 Å². The first-order chi connectivity index (χ1) is 9.66. The molecule has 2 N–H and O–H groups in total. The van der Waals surface area contributed by atoms with Gasteiger partial charge in [-0.1, -0.05) is 29.3 Å². The van der Waals surface area contributed by atoms with Gasteiger partial charge in [0.1, 0.15) is 0 Å². The molecular formula is C14H19Cl3N2OS. The van der Waals surface area contributed by atoms with Crippen molar-refractivity contribution in [1.82, 2.24) is 10.6 Å². The molecule has 3 nitrogen and oxygen atoms in total. The third-order valence-corrected chi connectivity index (χ3v) is 4.79. The second-order valence-electron chi connectivity index (χ2n) is 4.73. The van der Waals surface area contributed by atoms with E-state index < -0.39 is 0 Å². The molecule has 118 valence electrons. The summed E-state index contributed by atoms with van der Waals surface area (Å²) >= 11 is 13.7. The summed E-state index contributed by atoms with van der Waals surface area (Å²) in [5.41, 5.74) is 1.07. The Morgan fingerprint density at radius 2 is 2.24 bits per heavy atom. The Morgan fingerprint density at radius 1 is 1.43 bits per heavy atom. The van der Waals surface area contributed by atoms with Gasteiger partial charge in [0.2, 0.25) is 5.91 Å². The quantitative estimate of drug-likeness (QED) is 0.754. The first kappa shape index (κ1) is 18.9. The van der Waals surface area contributed by atoms with Crippen molar-refractivity contribution in [2.75, 3.05) is 18.8 Å². The maximum absolute atomic E-state index is 11.8. The SMILES string of the molecule is Cl.O=C(NCCSCc1ccc(Cl)cc1Cl)C1CCCN1. The Morgan fingerprint density at radius 3 is 2.90 bits per heavy atom. The molecule has 2 rings (SSSR count). The number of hydrogen-bond donors (Lipinski definition) is 2. The normalized spacial score (nSPS) is 17.3. The van der Waals surface area contributed by atoms with E-state index in [9.17, 15) is 4.79 Å². The highest BCUT2D eigenvalue weighted by Crippen LogP contribution is 2.24. The second-order valence-corrected chi connectivity index (χ2v) is 6.68. The number of halogens is 3. The first-order valence-electron chi connectivity index (χ1n) is 6.69. The van der Waals surface area contributed by atoms with Crippen molar-refractivity contribution >= 4 is 53.3 Å². The summed E-state index contributed by atoms with van der Waals surface area (Å²) in [6.45, 7) is 1.63. The molecule has 1 heterocycles. The number of carbonyl (C=O) groups excluding carboxylic acids is 1. The predicted octanol–water partition coefficient (Wildman–Crippen LogP) is 3.52. The standard InChI is InChI=1S/C14H18Cl2N2OS.ClH/c15-11-4-3-10(12(16)8-11)9-20-7-6-18-14(19)13-2-1-5-17-13;/h3-4,8,13,17H,1-2,5-7,9H2,(H,18,19);1H. The van der Waals surface area contributed by atoms with Crippen LogP contribution in [0.4, 0.5) is 0 Å². The van der Waals surface area contributed by atoms with Crippen LogP contribution >= 0.6 is 47.4 Å². The molecular weight excluding hydrogens is 351 g/mol. The van der Waals surface area contributed by atoms with Gasteiger partial charge in [-0.2, -0.15) is 11.8 Å². The van der Waals surface area contributed by atoms with E-state index in [0.717, 1.165) is 36.5 Å². The topological polar surface area (TPSA) is 41.1 Å². The number of thioether (sulfide) groups is 1. The highest BCUT2D eigenvalue weighted by molar-refractivity contribution is 7.98. The van der Waals surface area contributed by atoms with Crippen LogP contribution < -0.4 is 10.6 Å². The molecule has 1 aromatic carbocycles. The third-order valence-electron chi connectivity index (χ3n) is 3.20. The zero-order chi connectivity index (χ0) is 14.4. The van der Waals surface area contributed by atoms with Gasteiger partial charge >= 0.3 is 0 Å². The van der Waals surface area contributed by atoms with Crippen molar-refractivity contribution in [3.63, 3.8) is 0 Å². The molecule has 7 heteroatoms. The van der Waals surface area contributed by atoms with Gasteiger partial charge in [-0.25, -0.2) is 0 Å². The lowest BCUT2D eigenvalue weighted by Crippen LogP contribution is -2.41. The molecule has 1 aromatic rings. The van der Waals surface area contributed by atoms with Crippen molar-refractivity contribution in [2.24, 2.45) is 0 Å². The van der Waals surface area contributed by atoms with Crippen LogP contribution in [-0.2, 0) is 10.5 Å². The zero-order valence-corrected chi connectivity index (χ0v) is 14.7. The summed E-state index contributed by atoms with van der Waals surface area (Å²) < 4.78 is 0. The molecule has 0 bridgehead atoms. The number of nitrogens with one attached hydrogen (secondary N) is 2. The molecule has 1 aliphatic heterocycles. The molecule has 21 heavy (non-hydrogen) atoms. The van der Waals surface area contributed by atoms with Crippen LogP contribution in [0.3, 0.4) is 0 Å². The van der Waals surface area contributed by atoms with Gasteiger partial charge in [-0.05, 0) is 37.1 Å². The number of hydrogen-bond acceptors (Lipinski definition) is 3. The molecule has 0 aliphatic carbocycles. The average molecular weight is 370 g/mol. The van der Waals surface area contributed by atoms with Crippen LogP contribution in [-0.4, -0.2) is 30.8 Å². The van der Waals surface area contributed by atoms with E-state index in [1.807, 2.05) is 12.1 Å². The maximum atomic E-state index is 11.8. The van der Waals surface area contributed by atoms with E-state index in [-0.39, 0.29) is 24.4 Å². The number of carbonyl (C=O) groups is 1. The van der Waals surface area contributed by atoms with Crippen molar-refractivity contribution in [3.05, 3.63) is 33.8 Å². The number of rotatable bonds is 6. The Bertz CT molecular complexity index is 468. The molecule has 1 saturated heterocycles. The van der Waals surface area contributed by atoms with E-state index in [1.54, 1.807) is 17.8 Å². The Hall–Kier alpha value is -0.130. The Balaban J connectivity index is 0.00000220. The maximum Gasteiger partial charge on any atom is 0.237 e. The fraction of sp³-hybridized carbons (Fsp3) is 0.500. The van der Waals surface area contributed by atoms with Gasteiger partial charge < -0.3 is 10.6 Å². The summed E-state index contributed by atoms with van der Waals surface area (Å²) in [6.07, 6.45) is 2.03. The second kappa shape index (κ2) is 9.80. The molecule has 1 unspecified atom stereocenters. The molecule has 1 fully saturated rings. The lowest BCUT2D eigenvalue weighted by atomic mass is 10.2. The van der Waals surface area contributed by atoms with Crippen LogP contribution in [0, 0.1) is 0 Å². The molecule has 1 atom stereocenters. The van der Waals surface area contributed by atoms with Gasteiger partial charge in [0.05, 0.1) is 6.04 Å². The summed E-state index contributed by atoms with van der Waals surface area (Å²) in [5, 5.41) is 7.50. The Labute approximate surface area is 145 Å². The van der Waals surface area contributed by atoms with Gasteiger partial charge in [-0.3, -0.25) is 4.79 Å². The van der Waals surface area contributed by atoms with E-state index in [2.05, 4.69) is 10.6 Å². The van der Waals surface area contributed by atoms with Gasteiger partial charge in [0.25, 0.3) is 0 Å². The van der Waals surface area contributed by atoms with E-state index in [0.29, 0.717) is 16.6 Å². The molecule has 0 aromatic heterocycles. The first-order valence-corrected chi connectivity index (χ1v) is 8.60. The highest BCUT2D eigenvalue weighted by atomic mass is 35.5. The summed E-state index contributed by atoms with van der Waals surface area (Å²) in [4.78, 5) is 11.8. The number of benzene rings is 1. The molecule has 0 radical (unpaired) electrons. The minimum Gasteiger partial charge on any atom is -0.354 e. The lowest BCUT2D eigenvalue weighted by molar-refractivity contribution is -0.122. The molecule has 0 saturated carbocycles. The monoisotopic (exact) mass is 368 g/mol. The van der Waals surface area contributed by atoms with Gasteiger partial charge in [0.15, 0.2) is 0 Å². The summed E-state index contributed by atoms with van der Waals surface area (Å²) in [5.74, 6) is 1.82. The van der Waals surface area contributed by atoms with Crippen LogP contribution in [0.5, 0.6) is 0 Å². The van der Waals surface area contributed by atoms with Crippen LogP contribution in [0.15, 0.2) is 18.2 Å². The van der Waals surface area contributed by atoms with Crippen LogP contribution in [0.25, 0.3) is 0 Å². The Kier molecular flexibility index (Phi) is 8.83. The minimum absolute atomic E-state index is 0. The van der Waals surface area contributed by atoms with Crippen molar-refractivity contribution in [3.8, 4) is 0 Å². The fourth-order valence-electron chi connectivity index (χ4n) is 2.10. The number of amides is 1. The zero-order valence-electron chi connectivity index (χ0n) is 11.5. The molecule has 1 amide bonds. The highest BCUT2D eigenvalue weighted by Gasteiger charge is 2.21. The fourth-order valence-corrected chi connectivity index (χ4v) is 3.52. The third kappa shape index (κ3) is 6.25. The summed E-state index contributed by atoms with van der Waals surface area (Å²) in [6, 6.07) is 5.55. The molecule has 1 aliphatic rings. The molecule has 0 spiro atoms. The van der Waals surface area contributed by atoms with Crippen LogP contribution in [0.2, 0.25) is 10.0 Å². The average Bonchev–Trinajstić information content (AvgIpc) is 2.94. The van der Waals surface area contributed by atoms with E-state index in [1.165, 1.54) is 0 Å². The van der Waals surface area contributed by atoms with Crippen molar-refractivity contribution in [1.29, 1.82) is 0 Å². The van der Waals surface area contributed by atoms with Gasteiger partial charge in [0, 0.05) is 28.1 Å². The minimum atomic E-state index is 0. The van der Waals surface area contributed by atoms with Crippen molar-refractivity contribution < 1.29 is 4.79 Å². The predicted molar refractivity (Wildman–Crippen MR) is 93.9 cm³/mol. The summed E-state index contributed by atoms with van der Waals surface area (Å²) in [7, 11) is 0. The lowest BCUT2D eigenvalue weighted by Gasteiger charge is -2.11. The smallest absolute Gasteiger partial charge is 0.237 e. The van der Waals surface area contributed by atoms with E-state index >= 15 is 0 Å².